The second-order valence-corrected chi connectivity index (χ2v) is 8.03. The molecule has 3 aromatic carbocycles. The molecular weight excluding hydrogens is 478 g/mol. The Hall–Kier alpha value is -3.27. The molecule has 4 aromatic rings. The molecule has 0 aliphatic carbocycles. The van der Waals surface area contributed by atoms with Crippen LogP contribution in [0.25, 0.3) is 22.7 Å². The van der Waals surface area contributed by atoms with Gasteiger partial charge in [0.1, 0.15) is 30.0 Å². The molecule has 0 radical (unpaired) electrons. The number of H-pyrrole nitrogens is 1. The number of aromatic nitrogens is 2. The zero-order valence-electron chi connectivity index (χ0n) is 16.5. The summed E-state index contributed by atoms with van der Waals surface area (Å²) in [5.74, 6) is 1.94. The van der Waals surface area contributed by atoms with Crippen molar-refractivity contribution >= 4 is 50.2 Å². The average Bonchev–Trinajstić information content (AvgIpc) is 3.21. The fourth-order valence-electron chi connectivity index (χ4n) is 3.03. The summed E-state index contributed by atoms with van der Waals surface area (Å²) in [4.78, 5) is 7.70. The molecule has 5 nitrogen and oxygen atoms in total. The standard InChI is InChI=1S/C24H17BrClN3O2/c1-30-19-7-8-21-22(12-19)29-24(28-21)17(13-27)10-16-4-9-23(20(25)11-16)31-14-15-2-5-18(26)6-3-15/h2-12H,14H2,1H3,(H,28,29)/b17-10-. The number of benzene rings is 3. The molecule has 4 rings (SSSR count). The third kappa shape index (κ3) is 4.91. The van der Waals surface area contributed by atoms with Gasteiger partial charge >= 0.3 is 0 Å². The van der Waals surface area contributed by atoms with E-state index in [0.717, 1.165) is 32.4 Å². The van der Waals surface area contributed by atoms with Crippen molar-refractivity contribution in [3.8, 4) is 17.6 Å². The molecule has 0 fully saturated rings. The monoisotopic (exact) mass is 493 g/mol. The summed E-state index contributed by atoms with van der Waals surface area (Å²) in [7, 11) is 1.61. The summed E-state index contributed by atoms with van der Waals surface area (Å²) < 4.78 is 11.9. The van der Waals surface area contributed by atoms with Crippen molar-refractivity contribution in [1.82, 2.24) is 9.97 Å². The van der Waals surface area contributed by atoms with E-state index in [1.54, 1.807) is 13.2 Å². The topological polar surface area (TPSA) is 70.9 Å². The van der Waals surface area contributed by atoms with Crippen LogP contribution in [0.4, 0.5) is 0 Å². The average molecular weight is 495 g/mol. The van der Waals surface area contributed by atoms with Crippen LogP contribution < -0.4 is 9.47 Å². The SMILES string of the molecule is COc1ccc2nc(/C(C#N)=C\c3ccc(OCc4ccc(Cl)cc4)c(Br)c3)[nH]c2c1. The molecule has 0 bridgehead atoms. The van der Waals surface area contributed by atoms with E-state index in [0.29, 0.717) is 28.8 Å². The molecule has 1 N–H and O–H groups in total. The first-order chi connectivity index (χ1) is 15.1. The maximum Gasteiger partial charge on any atom is 0.149 e. The smallest absolute Gasteiger partial charge is 0.149 e. The number of nitrogens with one attached hydrogen (secondary N) is 1. The number of allylic oxidation sites excluding steroid dienone is 1. The van der Waals surface area contributed by atoms with Crippen molar-refractivity contribution < 1.29 is 9.47 Å². The van der Waals surface area contributed by atoms with E-state index in [4.69, 9.17) is 21.1 Å². The van der Waals surface area contributed by atoms with E-state index in [2.05, 4.69) is 32.0 Å². The molecule has 7 heteroatoms. The van der Waals surface area contributed by atoms with Crippen LogP contribution in [-0.4, -0.2) is 17.1 Å². The van der Waals surface area contributed by atoms with Gasteiger partial charge in [0.05, 0.1) is 28.2 Å². The highest BCUT2D eigenvalue weighted by Gasteiger charge is 2.10. The fraction of sp³-hybridized carbons (Fsp3) is 0.0833. The summed E-state index contributed by atoms with van der Waals surface area (Å²) >= 11 is 9.47. The number of halogens is 2. The zero-order chi connectivity index (χ0) is 21.8. The highest BCUT2D eigenvalue weighted by molar-refractivity contribution is 9.10. The van der Waals surface area contributed by atoms with Gasteiger partial charge in [0.15, 0.2) is 0 Å². The molecule has 0 aliphatic rings. The van der Waals surface area contributed by atoms with E-state index < -0.39 is 0 Å². The Kier molecular flexibility index (Phi) is 6.26. The van der Waals surface area contributed by atoms with E-state index >= 15 is 0 Å². The van der Waals surface area contributed by atoms with Gasteiger partial charge in [-0.1, -0.05) is 29.8 Å². The van der Waals surface area contributed by atoms with E-state index in [1.807, 2.05) is 60.7 Å². The Balaban J connectivity index is 1.55. The van der Waals surface area contributed by atoms with Gasteiger partial charge in [-0.05, 0) is 69.5 Å². The predicted octanol–water partition coefficient (Wildman–Crippen LogP) is 6.63. The molecular formula is C24H17BrClN3O2. The van der Waals surface area contributed by atoms with E-state index in [-0.39, 0.29) is 0 Å². The number of rotatable bonds is 6. The fourth-order valence-corrected chi connectivity index (χ4v) is 3.67. The summed E-state index contributed by atoms with van der Waals surface area (Å²) in [6.07, 6.45) is 1.78. The number of methoxy groups -OCH3 is 1. The molecule has 0 saturated heterocycles. The van der Waals surface area contributed by atoms with Crippen LogP contribution in [0, 0.1) is 11.3 Å². The lowest BCUT2D eigenvalue weighted by Gasteiger charge is -2.09. The number of nitriles is 1. The third-order valence-electron chi connectivity index (χ3n) is 4.64. The molecule has 1 aromatic heterocycles. The van der Waals surface area contributed by atoms with Gasteiger partial charge < -0.3 is 14.5 Å². The maximum atomic E-state index is 9.67. The lowest BCUT2D eigenvalue weighted by molar-refractivity contribution is 0.304. The second-order valence-electron chi connectivity index (χ2n) is 6.74. The number of fused-ring (bicyclic) bond motifs is 1. The van der Waals surface area contributed by atoms with Crippen molar-refractivity contribution in [2.45, 2.75) is 6.61 Å². The number of hydrogen-bond acceptors (Lipinski definition) is 4. The normalized spacial score (nSPS) is 11.4. The van der Waals surface area contributed by atoms with Gasteiger partial charge in [-0.3, -0.25) is 0 Å². The number of nitrogens with zero attached hydrogens (tertiary/aromatic N) is 2. The van der Waals surface area contributed by atoms with Crippen molar-refractivity contribution in [2.24, 2.45) is 0 Å². The quantitative estimate of drug-likeness (QED) is 0.305. The molecule has 31 heavy (non-hydrogen) atoms. The van der Waals surface area contributed by atoms with Crippen LogP contribution >= 0.6 is 27.5 Å². The molecule has 1 heterocycles. The van der Waals surface area contributed by atoms with Gasteiger partial charge in [0.2, 0.25) is 0 Å². The third-order valence-corrected chi connectivity index (χ3v) is 5.51. The number of imidazole rings is 1. The maximum absolute atomic E-state index is 9.67. The highest BCUT2D eigenvalue weighted by Crippen LogP contribution is 2.29. The van der Waals surface area contributed by atoms with E-state index in [1.165, 1.54) is 0 Å². The second kappa shape index (κ2) is 9.25. The Labute approximate surface area is 193 Å². The van der Waals surface area contributed by atoms with Crippen LogP contribution in [-0.2, 0) is 6.61 Å². The molecule has 0 atom stereocenters. The van der Waals surface area contributed by atoms with Crippen LogP contribution in [0.3, 0.4) is 0 Å². The molecule has 0 spiro atoms. The van der Waals surface area contributed by atoms with Crippen molar-refractivity contribution in [3.63, 3.8) is 0 Å². The van der Waals surface area contributed by atoms with Gasteiger partial charge in [0, 0.05) is 11.1 Å². The first-order valence-corrected chi connectivity index (χ1v) is 10.6. The minimum atomic E-state index is 0.427. The summed E-state index contributed by atoms with van der Waals surface area (Å²) in [5.41, 5.74) is 3.87. The van der Waals surface area contributed by atoms with Gasteiger partial charge in [-0.25, -0.2) is 4.98 Å². The zero-order valence-corrected chi connectivity index (χ0v) is 18.9. The van der Waals surface area contributed by atoms with Gasteiger partial charge in [-0.2, -0.15) is 5.26 Å². The molecule has 0 aliphatic heterocycles. The Morgan fingerprint density at radius 2 is 1.97 bits per heavy atom. The van der Waals surface area contributed by atoms with Gasteiger partial charge in [0.25, 0.3) is 0 Å². The number of aromatic amines is 1. The molecule has 0 amide bonds. The molecule has 0 saturated carbocycles. The van der Waals surface area contributed by atoms with Crippen molar-refractivity contribution in [1.29, 1.82) is 5.26 Å². The van der Waals surface area contributed by atoms with E-state index in [9.17, 15) is 5.26 Å². The van der Waals surface area contributed by atoms with Crippen LogP contribution in [0.15, 0.2) is 65.1 Å². The van der Waals surface area contributed by atoms with Crippen LogP contribution in [0.5, 0.6) is 11.5 Å². The number of ether oxygens (including phenoxy) is 2. The van der Waals surface area contributed by atoms with Crippen molar-refractivity contribution in [2.75, 3.05) is 7.11 Å². The largest absolute Gasteiger partial charge is 0.497 e. The predicted molar refractivity (Wildman–Crippen MR) is 126 cm³/mol. The van der Waals surface area contributed by atoms with Crippen LogP contribution in [0.2, 0.25) is 5.02 Å². The summed E-state index contributed by atoms with van der Waals surface area (Å²) in [6, 6.07) is 20.9. The highest BCUT2D eigenvalue weighted by atomic mass is 79.9. The summed E-state index contributed by atoms with van der Waals surface area (Å²) in [5, 5.41) is 10.4. The Morgan fingerprint density at radius 3 is 2.68 bits per heavy atom. The summed E-state index contributed by atoms with van der Waals surface area (Å²) in [6.45, 7) is 0.427. The Bertz CT molecular complexity index is 1310. The first-order valence-electron chi connectivity index (χ1n) is 9.38. The Morgan fingerprint density at radius 1 is 1.16 bits per heavy atom. The van der Waals surface area contributed by atoms with Crippen molar-refractivity contribution in [3.05, 3.63) is 87.1 Å². The molecule has 0 unspecified atom stereocenters. The van der Waals surface area contributed by atoms with Gasteiger partial charge in [-0.15, -0.1) is 0 Å². The minimum Gasteiger partial charge on any atom is -0.497 e. The molecule has 154 valence electrons. The lowest BCUT2D eigenvalue weighted by atomic mass is 10.1. The van der Waals surface area contributed by atoms with Crippen LogP contribution in [0.1, 0.15) is 17.0 Å². The number of hydrogen-bond donors (Lipinski definition) is 1. The lowest BCUT2D eigenvalue weighted by Crippen LogP contribution is -1.96. The minimum absolute atomic E-state index is 0.427. The first kappa shape index (κ1) is 21.0.